The van der Waals surface area contributed by atoms with Crippen molar-refractivity contribution in [3.05, 3.63) is 42.4 Å². The van der Waals surface area contributed by atoms with Gasteiger partial charge in [0.1, 0.15) is 0 Å². The van der Waals surface area contributed by atoms with Crippen molar-refractivity contribution in [3.8, 4) is 0 Å². The van der Waals surface area contributed by atoms with E-state index < -0.39 is 10.0 Å². The summed E-state index contributed by atoms with van der Waals surface area (Å²) >= 11 is 0. The number of sulfonamides is 1. The Kier molecular flexibility index (Phi) is 3.27. The number of fused-ring (bicyclic) bond motifs is 1. The van der Waals surface area contributed by atoms with E-state index in [9.17, 15) is 8.42 Å². The first-order valence-electron chi connectivity index (χ1n) is 6.31. The fourth-order valence-corrected chi connectivity index (χ4v) is 3.21. The van der Waals surface area contributed by atoms with Crippen LogP contribution in [0.1, 0.15) is 12.0 Å². The van der Waals surface area contributed by atoms with Crippen LogP contribution < -0.4 is 10.0 Å². The van der Waals surface area contributed by atoms with Crippen LogP contribution in [-0.4, -0.2) is 24.9 Å². The van der Waals surface area contributed by atoms with Gasteiger partial charge in [0.25, 0.3) is 10.0 Å². The molecule has 1 aromatic heterocycles. The fourth-order valence-electron chi connectivity index (χ4n) is 2.17. The van der Waals surface area contributed by atoms with Gasteiger partial charge >= 0.3 is 0 Å². The molecule has 0 spiro atoms. The molecule has 0 amide bonds. The number of anilines is 2. The van der Waals surface area contributed by atoms with E-state index in [2.05, 4.69) is 20.0 Å². The molecule has 0 saturated carbocycles. The molecule has 2 aromatic rings. The topological polar surface area (TPSA) is 84.0 Å². The van der Waals surface area contributed by atoms with Crippen LogP contribution in [0.15, 0.2) is 41.7 Å². The number of nitrogens with zero attached hydrogens (tertiary/aromatic N) is 2. The molecule has 3 rings (SSSR count). The third-order valence-electron chi connectivity index (χ3n) is 3.13. The highest BCUT2D eigenvalue weighted by Crippen LogP contribution is 2.25. The van der Waals surface area contributed by atoms with Crippen molar-refractivity contribution in [2.24, 2.45) is 0 Å². The molecule has 1 aromatic carbocycles. The summed E-state index contributed by atoms with van der Waals surface area (Å²) in [5.41, 5.74) is 2.04. The van der Waals surface area contributed by atoms with Crippen LogP contribution in [0.25, 0.3) is 0 Å². The molecule has 6 nitrogen and oxygen atoms in total. The Hall–Kier alpha value is -2.15. The van der Waals surface area contributed by atoms with Crippen molar-refractivity contribution in [2.75, 3.05) is 16.6 Å². The maximum absolute atomic E-state index is 12.3. The molecule has 7 heteroatoms. The summed E-state index contributed by atoms with van der Waals surface area (Å²) in [6, 6.07) is 5.11. The average Bonchev–Trinajstić information content (AvgIpc) is 2.47. The van der Waals surface area contributed by atoms with Gasteiger partial charge < -0.3 is 5.32 Å². The largest absolute Gasteiger partial charge is 0.385 e. The number of rotatable bonds is 3. The quantitative estimate of drug-likeness (QED) is 0.897. The lowest BCUT2D eigenvalue weighted by Crippen LogP contribution is -2.16. The number of nitrogens with one attached hydrogen (secondary N) is 2. The van der Waals surface area contributed by atoms with Gasteiger partial charge in [-0.25, -0.2) is 13.4 Å². The van der Waals surface area contributed by atoms with E-state index >= 15 is 0 Å². The van der Waals surface area contributed by atoms with E-state index in [-0.39, 0.29) is 10.7 Å². The number of hydrogen-bond donors (Lipinski definition) is 2. The Bertz CT molecular complexity index is 716. The molecular formula is C13H14N4O2S. The molecule has 0 unspecified atom stereocenters. The summed E-state index contributed by atoms with van der Waals surface area (Å²) in [5.74, 6) is 0.211. The molecular weight excluding hydrogens is 276 g/mol. The molecule has 1 aliphatic heterocycles. The minimum Gasteiger partial charge on any atom is -0.385 e. The highest BCUT2D eigenvalue weighted by atomic mass is 32.2. The van der Waals surface area contributed by atoms with E-state index in [4.69, 9.17) is 0 Å². The molecule has 20 heavy (non-hydrogen) atoms. The van der Waals surface area contributed by atoms with Crippen molar-refractivity contribution in [1.29, 1.82) is 0 Å². The van der Waals surface area contributed by atoms with Gasteiger partial charge in [-0.1, -0.05) is 0 Å². The highest BCUT2D eigenvalue weighted by molar-refractivity contribution is 7.92. The number of aryl methyl sites for hydroxylation is 1. The molecule has 2 N–H and O–H groups in total. The summed E-state index contributed by atoms with van der Waals surface area (Å²) in [5, 5.41) is 3.25. The van der Waals surface area contributed by atoms with Crippen LogP contribution in [0.4, 0.5) is 11.5 Å². The third-order valence-corrected chi connectivity index (χ3v) is 4.48. The van der Waals surface area contributed by atoms with Crippen LogP contribution in [0.5, 0.6) is 0 Å². The van der Waals surface area contributed by atoms with Crippen molar-refractivity contribution < 1.29 is 8.42 Å². The van der Waals surface area contributed by atoms with Crippen molar-refractivity contribution in [1.82, 2.24) is 9.97 Å². The second-order valence-electron chi connectivity index (χ2n) is 4.55. The maximum Gasteiger partial charge on any atom is 0.263 e. The number of aromatic nitrogens is 2. The van der Waals surface area contributed by atoms with Crippen molar-refractivity contribution >= 4 is 21.5 Å². The standard InChI is InChI=1S/C13H14N4O2S/c18-20(19,17-13-9-14-6-7-16-13)11-3-4-12-10(8-11)2-1-5-15-12/h3-4,6-9,15H,1-2,5H2,(H,16,17). The fraction of sp³-hybridized carbons (Fsp3) is 0.231. The Morgan fingerprint density at radius 3 is 2.95 bits per heavy atom. The van der Waals surface area contributed by atoms with E-state index in [1.165, 1.54) is 18.6 Å². The van der Waals surface area contributed by atoms with E-state index in [1.807, 2.05) is 0 Å². The van der Waals surface area contributed by atoms with Gasteiger partial charge in [0.2, 0.25) is 0 Å². The molecule has 1 aliphatic rings. The smallest absolute Gasteiger partial charge is 0.263 e. The second-order valence-corrected chi connectivity index (χ2v) is 6.23. The van der Waals surface area contributed by atoms with Crippen molar-refractivity contribution in [3.63, 3.8) is 0 Å². The SMILES string of the molecule is O=S(=O)(Nc1cnccn1)c1ccc2c(c1)CCCN2. The van der Waals surface area contributed by atoms with Gasteiger partial charge in [-0.15, -0.1) is 0 Å². The Balaban J connectivity index is 1.91. The molecule has 0 bridgehead atoms. The number of benzene rings is 1. The summed E-state index contributed by atoms with van der Waals surface area (Å²) in [4.78, 5) is 7.99. The van der Waals surface area contributed by atoms with E-state index in [0.717, 1.165) is 30.6 Å². The zero-order valence-electron chi connectivity index (χ0n) is 10.7. The van der Waals surface area contributed by atoms with Crippen LogP contribution in [-0.2, 0) is 16.4 Å². The Morgan fingerprint density at radius 2 is 2.15 bits per heavy atom. The lowest BCUT2D eigenvalue weighted by molar-refractivity contribution is 0.600. The molecule has 0 fully saturated rings. The maximum atomic E-state index is 12.3. The Morgan fingerprint density at radius 1 is 1.25 bits per heavy atom. The highest BCUT2D eigenvalue weighted by Gasteiger charge is 2.18. The van der Waals surface area contributed by atoms with Gasteiger partial charge in [-0.05, 0) is 36.6 Å². The zero-order chi connectivity index (χ0) is 14.0. The molecule has 2 heterocycles. The van der Waals surface area contributed by atoms with Gasteiger partial charge in [0, 0.05) is 24.6 Å². The number of hydrogen-bond acceptors (Lipinski definition) is 5. The van der Waals surface area contributed by atoms with Crippen LogP contribution in [0, 0.1) is 0 Å². The second kappa shape index (κ2) is 5.09. The molecule has 0 atom stereocenters. The monoisotopic (exact) mass is 290 g/mol. The zero-order valence-corrected chi connectivity index (χ0v) is 11.5. The van der Waals surface area contributed by atoms with E-state index in [1.54, 1.807) is 18.2 Å². The van der Waals surface area contributed by atoms with Crippen LogP contribution in [0.3, 0.4) is 0 Å². The predicted octanol–water partition coefficient (Wildman–Crippen LogP) is 1.64. The van der Waals surface area contributed by atoms with Gasteiger partial charge in [0.15, 0.2) is 5.82 Å². The van der Waals surface area contributed by atoms with Gasteiger partial charge in [0.05, 0.1) is 11.1 Å². The molecule has 104 valence electrons. The van der Waals surface area contributed by atoms with E-state index in [0.29, 0.717) is 0 Å². The summed E-state index contributed by atoms with van der Waals surface area (Å²) in [6.07, 6.45) is 6.19. The first-order chi connectivity index (χ1) is 9.65. The van der Waals surface area contributed by atoms with Gasteiger partial charge in [-0.2, -0.15) is 0 Å². The Labute approximate surface area is 117 Å². The lowest BCUT2D eigenvalue weighted by Gasteiger charge is -2.18. The minimum absolute atomic E-state index is 0.211. The van der Waals surface area contributed by atoms with Crippen LogP contribution >= 0.6 is 0 Å². The average molecular weight is 290 g/mol. The molecule has 0 radical (unpaired) electrons. The first-order valence-corrected chi connectivity index (χ1v) is 7.79. The van der Waals surface area contributed by atoms with Crippen molar-refractivity contribution in [2.45, 2.75) is 17.7 Å². The lowest BCUT2D eigenvalue weighted by atomic mass is 10.0. The molecule has 0 aliphatic carbocycles. The summed E-state index contributed by atoms with van der Waals surface area (Å²) in [7, 11) is -3.63. The summed E-state index contributed by atoms with van der Waals surface area (Å²) < 4.78 is 27.0. The summed E-state index contributed by atoms with van der Waals surface area (Å²) in [6.45, 7) is 0.928. The predicted molar refractivity (Wildman–Crippen MR) is 76.1 cm³/mol. The van der Waals surface area contributed by atoms with Crippen LogP contribution in [0.2, 0.25) is 0 Å². The first kappa shape index (κ1) is 12.9. The molecule has 0 saturated heterocycles. The minimum atomic E-state index is -3.63. The van der Waals surface area contributed by atoms with Gasteiger partial charge in [-0.3, -0.25) is 9.71 Å². The third kappa shape index (κ3) is 2.57. The normalized spacial score (nSPS) is 14.2.